The first kappa shape index (κ1) is 21.9. The Kier molecular flexibility index (Phi) is 6.44. The van der Waals surface area contributed by atoms with Crippen molar-refractivity contribution >= 4 is 18.0 Å². The molecule has 0 spiro atoms. The SMILES string of the molecule is C[C@H](NC(=O)CC(CNC(=O)OCC1c2ccccc2-c2ccccc21)C1CC1)C(=O)O. The highest BCUT2D eigenvalue weighted by atomic mass is 16.5. The Labute approximate surface area is 187 Å². The second-order valence-corrected chi connectivity index (χ2v) is 8.64. The van der Waals surface area contributed by atoms with Gasteiger partial charge in [-0.1, -0.05) is 48.5 Å². The van der Waals surface area contributed by atoms with Gasteiger partial charge in [0.15, 0.2) is 0 Å². The van der Waals surface area contributed by atoms with Crippen LogP contribution < -0.4 is 10.6 Å². The first-order valence-corrected chi connectivity index (χ1v) is 11.0. The minimum atomic E-state index is -1.07. The molecule has 2 amide bonds. The lowest BCUT2D eigenvalue weighted by atomic mass is 9.98. The van der Waals surface area contributed by atoms with Crippen LogP contribution in [-0.2, 0) is 14.3 Å². The monoisotopic (exact) mass is 436 g/mol. The summed E-state index contributed by atoms with van der Waals surface area (Å²) in [7, 11) is 0. The van der Waals surface area contributed by atoms with Gasteiger partial charge in [-0.3, -0.25) is 9.59 Å². The third-order valence-corrected chi connectivity index (χ3v) is 6.34. The molecule has 0 aromatic heterocycles. The Bertz CT molecular complexity index is 971. The van der Waals surface area contributed by atoms with E-state index in [1.165, 1.54) is 18.1 Å². The lowest BCUT2D eigenvalue weighted by Crippen LogP contribution is -2.40. The number of carbonyl (C=O) groups excluding carboxylic acids is 2. The maximum Gasteiger partial charge on any atom is 0.407 e. The highest BCUT2D eigenvalue weighted by Gasteiger charge is 2.34. The number of hydrogen-bond donors (Lipinski definition) is 3. The van der Waals surface area contributed by atoms with E-state index >= 15 is 0 Å². The molecule has 0 saturated heterocycles. The summed E-state index contributed by atoms with van der Waals surface area (Å²) in [5.41, 5.74) is 4.66. The zero-order chi connectivity index (χ0) is 22.7. The molecule has 2 aromatic rings. The maximum atomic E-state index is 12.4. The van der Waals surface area contributed by atoms with Crippen LogP contribution in [0, 0.1) is 11.8 Å². The van der Waals surface area contributed by atoms with Gasteiger partial charge in [-0.15, -0.1) is 0 Å². The summed E-state index contributed by atoms with van der Waals surface area (Å²) < 4.78 is 5.56. The zero-order valence-electron chi connectivity index (χ0n) is 18.0. The average Bonchev–Trinajstić information content (AvgIpc) is 3.58. The molecule has 0 bridgehead atoms. The Balaban J connectivity index is 1.30. The summed E-state index contributed by atoms with van der Waals surface area (Å²) in [4.78, 5) is 35.5. The predicted octanol–water partition coefficient (Wildman–Crippen LogP) is 3.53. The van der Waals surface area contributed by atoms with Gasteiger partial charge in [0, 0.05) is 18.9 Å². The molecule has 0 radical (unpaired) electrons. The van der Waals surface area contributed by atoms with Gasteiger partial charge in [-0.25, -0.2) is 4.79 Å². The molecule has 4 rings (SSSR count). The first-order valence-electron chi connectivity index (χ1n) is 11.0. The minimum Gasteiger partial charge on any atom is -0.480 e. The number of carbonyl (C=O) groups is 3. The Morgan fingerprint density at radius 1 is 1.03 bits per heavy atom. The Hall–Kier alpha value is -3.35. The van der Waals surface area contributed by atoms with Crippen molar-refractivity contribution in [1.82, 2.24) is 10.6 Å². The number of nitrogens with one attached hydrogen (secondary N) is 2. The highest BCUT2D eigenvalue weighted by Crippen LogP contribution is 2.44. The lowest BCUT2D eigenvalue weighted by Gasteiger charge is -2.19. The lowest BCUT2D eigenvalue weighted by molar-refractivity contribution is -0.141. The van der Waals surface area contributed by atoms with E-state index in [1.54, 1.807) is 0 Å². The molecule has 1 unspecified atom stereocenters. The van der Waals surface area contributed by atoms with Crippen LogP contribution in [0.5, 0.6) is 0 Å². The molecule has 168 valence electrons. The number of rotatable bonds is 9. The third kappa shape index (κ3) is 4.93. The number of carboxylic acid groups (broad SMARTS) is 1. The summed E-state index contributed by atoms with van der Waals surface area (Å²) in [5, 5.41) is 14.2. The number of fused-ring (bicyclic) bond motifs is 3. The molecule has 3 N–H and O–H groups in total. The predicted molar refractivity (Wildman–Crippen MR) is 119 cm³/mol. The van der Waals surface area contributed by atoms with Crippen molar-refractivity contribution in [1.29, 1.82) is 0 Å². The fourth-order valence-corrected chi connectivity index (χ4v) is 4.44. The van der Waals surface area contributed by atoms with Crippen molar-refractivity contribution in [2.75, 3.05) is 13.2 Å². The smallest absolute Gasteiger partial charge is 0.407 e. The van der Waals surface area contributed by atoms with Gasteiger partial charge in [0.25, 0.3) is 0 Å². The fraction of sp³-hybridized carbons (Fsp3) is 0.400. The van der Waals surface area contributed by atoms with Crippen molar-refractivity contribution in [3.63, 3.8) is 0 Å². The Morgan fingerprint density at radius 3 is 2.19 bits per heavy atom. The molecule has 7 heteroatoms. The van der Waals surface area contributed by atoms with Gasteiger partial charge >= 0.3 is 12.1 Å². The molecule has 1 fully saturated rings. The van der Waals surface area contributed by atoms with E-state index in [0.29, 0.717) is 12.5 Å². The largest absolute Gasteiger partial charge is 0.480 e. The summed E-state index contributed by atoms with van der Waals surface area (Å²) in [6.07, 6.45) is 1.71. The number of aliphatic carboxylic acids is 1. The molecule has 7 nitrogen and oxygen atoms in total. The normalized spacial score (nSPS) is 16.4. The number of alkyl carbamates (subject to hydrolysis) is 1. The minimum absolute atomic E-state index is 0.00402. The van der Waals surface area contributed by atoms with E-state index in [1.807, 2.05) is 24.3 Å². The van der Waals surface area contributed by atoms with Crippen LogP contribution in [0.2, 0.25) is 0 Å². The van der Waals surface area contributed by atoms with Crippen LogP contribution in [-0.4, -0.2) is 42.3 Å². The van der Waals surface area contributed by atoms with Crippen LogP contribution in [0.4, 0.5) is 4.79 Å². The molecule has 2 aliphatic carbocycles. The van der Waals surface area contributed by atoms with E-state index in [4.69, 9.17) is 9.84 Å². The van der Waals surface area contributed by atoms with E-state index in [-0.39, 0.29) is 30.8 Å². The van der Waals surface area contributed by atoms with E-state index < -0.39 is 18.1 Å². The molecule has 2 aliphatic rings. The quantitative estimate of drug-likeness (QED) is 0.558. The first-order chi connectivity index (χ1) is 15.4. The second kappa shape index (κ2) is 9.42. The number of carboxylic acids is 1. The van der Waals surface area contributed by atoms with Crippen molar-refractivity contribution in [2.45, 2.75) is 38.1 Å². The molecule has 2 aromatic carbocycles. The summed E-state index contributed by atoms with van der Waals surface area (Å²) in [5.74, 6) is -1.05. The van der Waals surface area contributed by atoms with Gasteiger partial charge in [0.05, 0.1) is 0 Å². The van der Waals surface area contributed by atoms with Crippen molar-refractivity contribution in [2.24, 2.45) is 11.8 Å². The molecule has 2 atom stereocenters. The summed E-state index contributed by atoms with van der Waals surface area (Å²) in [6.45, 7) is 2.00. The van der Waals surface area contributed by atoms with Crippen molar-refractivity contribution in [3.05, 3.63) is 59.7 Å². The highest BCUT2D eigenvalue weighted by molar-refractivity contribution is 5.83. The molecule has 0 heterocycles. The van der Waals surface area contributed by atoms with Gasteiger partial charge < -0.3 is 20.5 Å². The zero-order valence-corrected chi connectivity index (χ0v) is 18.0. The van der Waals surface area contributed by atoms with Crippen LogP contribution >= 0.6 is 0 Å². The van der Waals surface area contributed by atoms with Crippen LogP contribution in [0.3, 0.4) is 0 Å². The van der Waals surface area contributed by atoms with Crippen LogP contribution in [0.1, 0.15) is 43.2 Å². The van der Waals surface area contributed by atoms with E-state index in [2.05, 4.69) is 34.9 Å². The second-order valence-electron chi connectivity index (χ2n) is 8.64. The van der Waals surface area contributed by atoms with E-state index in [0.717, 1.165) is 24.0 Å². The third-order valence-electron chi connectivity index (χ3n) is 6.34. The number of hydrogen-bond acceptors (Lipinski definition) is 4. The molecular formula is C25H28N2O5. The van der Waals surface area contributed by atoms with Gasteiger partial charge in [-0.05, 0) is 53.9 Å². The Morgan fingerprint density at radius 2 is 1.62 bits per heavy atom. The van der Waals surface area contributed by atoms with Crippen molar-refractivity contribution < 1.29 is 24.2 Å². The molecular weight excluding hydrogens is 408 g/mol. The van der Waals surface area contributed by atoms with Crippen LogP contribution in [0.25, 0.3) is 11.1 Å². The van der Waals surface area contributed by atoms with Gasteiger partial charge in [0.2, 0.25) is 5.91 Å². The number of amides is 2. The van der Waals surface area contributed by atoms with Crippen molar-refractivity contribution in [3.8, 4) is 11.1 Å². The number of ether oxygens (including phenoxy) is 1. The molecule has 0 aliphatic heterocycles. The maximum absolute atomic E-state index is 12.4. The fourth-order valence-electron chi connectivity index (χ4n) is 4.44. The molecule has 1 saturated carbocycles. The topological polar surface area (TPSA) is 105 Å². The average molecular weight is 437 g/mol. The standard InChI is InChI=1S/C25H28N2O5/c1-15(24(29)30)27-23(28)12-17(16-10-11-16)13-26-25(31)32-14-22-20-8-4-2-6-18(20)19-7-3-5-9-21(19)22/h2-9,15-17,22H,10-14H2,1H3,(H,26,31)(H,27,28)(H,29,30)/t15-,17?/m0/s1. The van der Waals surface area contributed by atoms with E-state index in [9.17, 15) is 14.4 Å². The number of benzene rings is 2. The molecule has 32 heavy (non-hydrogen) atoms. The van der Waals surface area contributed by atoms with Gasteiger partial charge in [0.1, 0.15) is 12.6 Å². The van der Waals surface area contributed by atoms with Gasteiger partial charge in [-0.2, -0.15) is 0 Å². The van der Waals surface area contributed by atoms with Crippen LogP contribution in [0.15, 0.2) is 48.5 Å². The summed E-state index contributed by atoms with van der Waals surface area (Å²) >= 11 is 0. The summed E-state index contributed by atoms with van der Waals surface area (Å²) in [6, 6.07) is 15.4.